The molecule has 2 rings (SSSR count). The Balaban J connectivity index is 2.13. The molecule has 0 fully saturated rings. The number of carboxylic acids is 1. The minimum Gasteiger partial charge on any atom is -0.481 e. The number of carbonyl (C=O) groups excluding carboxylic acids is 1. The molecule has 0 radical (unpaired) electrons. The van der Waals surface area contributed by atoms with Crippen LogP contribution in [0, 0.1) is 0 Å². The Morgan fingerprint density at radius 1 is 1.35 bits per heavy atom. The van der Waals surface area contributed by atoms with Crippen LogP contribution in [0.2, 0.25) is 10.0 Å². The standard InChI is InChI=1S/C12H8Cl2N2O3S/c13-8-3-1-2-7(10(8)14)11(19)16-12-15-6(5-20-12)4-9(17)18/h1-3,5H,4H2,(H,17,18)(H,15,16,19). The van der Waals surface area contributed by atoms with Gasteiger partial charge in [-0.15, -0.1) is 11.3 Å². The van der Waals surface area contributed by atoms with Gasteiger partial charge in [0.15, 0.2) is 5.13 Å². The van der Waals surface area contributed by atoms with Crippen LogP contribution in [0.4, 0.5) is 5.13 Å². The lowest BCUT2D eigenvalue weighted by molar-refractivity contribution is -0.136. The molecule has 0 aliphatic heterocycles. The van der Waals surface area contributed by atoms with E-state index in [0.29, 0.717) is 10.8 Å². The van der Waals surface area contributed by atoms with Gasteiger partial charge in [-0.2, -0.15) is 0 Å². The van der Waals surface area contributed by atoms with Crippen LogP contribution in [0.5, 0.6) is 0 Å². The van der Waals surface area contributed by atoms with E-state index in [0.717, 1.165) is 11.3 Å². The zero-order valence-corrected chi connectivity index (χ0v) is 12.2. The normalized spacial score (nSPS) is 10.3. The van der Waals surface area contributed by atoms with Crippen molar-refractivity contribution in [2.75, 3.05) is 5.32 Å². The molecule has 1 aromatic heterocycles. The lowest BCUT2D eigenvalue weighted by Crippen LogP contribution is -2.12. The number of carbonyl (C=O) groups is 2. The van der Waals surface area contributed by atoms with Crippen molar-refractivity contribution in [3.63, 3.8) is 0 Å². The van der Waals surface area contributed by atoms with Gasteiger partial charge < -0.3 is 5.11 Å². The molecule has 5 nitrogen and oxygen atoms in total. The quantitative estimate of drug-likeness (QED) is 0.901. The number of rotatable bonds is 4. The van der Waals surface area contributed by atoms with E-state index in [4.69, 9.17) is 28.3 Å². The topological polar surface area (TPSA) is 79.3 Å². The number of halogens is 2. The maximum absolute atomic E-state index is 12.0. The number of nitrogens with zero attached hydrogens (tertiary/aromatic N) is 1. The molecule has 1 aromatic carbocycles. The maximum atomic E-state index is 12.0. The van der Waals surface area contributed by atoms with Gasteiger partial charge in [0.05, 0.1) is 27.7 Å². The summed E-state index contributed by atoms with van der Waals surface area (Å²) in [6.45, 7) is 0. The maximum Gasteiger partial charge on any atom is 0.309 e. The number of hydrogen-bond donors (Lipinski definition) is 2. The highest BCUT2D eigenvalue weighted by atomic mass is 35.5. The van der Waals surface area contributed by atoms with Gasteiger partial charge in [-0.05, 0) is 12.1 Å². The third-order valence-corrected chi connectivity index (χ3v) is 3.93. The van der Waals surface area contributed by atoms with Crippen LogP contribution in [0.25, 0.3) is 0 Å². The first-order chi connectivity index (χ1) is 9.47. The first-order valence-corrected chi connectivity index (χ1v) is 7.02. The molecule has 0 aliphatic carbocycles. The second-order valence-corrected chi connectivity index (χ2v) is 5.41. The minimum atomic E-state index is -0.980. The average Bonchev–Trinajstić information content (AvgIpc) is 2.79. The van der Waals surface area contributed by atoms with Crippen molar-refractivity contribution >= 4 is 51.5 Å². The number of thiazole rings is 1. The molecular formula is C12H8Cl2N2O3S. The first kappa shape index (κ1) is 14.8. The summed E-state index contributed by atoms with van der Waals surface area (Å²) in [6, 6.07) is 4.73. The number of anilines is 1. The smallest absolute Gasteiger partial charge is 0.309 e. The largest absolute Gasteiger partial charge is 0.481 e. The summed E-state index contributed by atoms with van der Waals surface area (Å²) < 4.78 is 0. The molecule has 0 aliphatic rings. The number of benzene rings is 1. The van der Waals surface area contributed by atoms with Crippen molar-refractivity contribution < 1.29 is 14.7 Å². The van der Waals surface area contributed by atoms with E-state index < -0.39 is 11.9 Å². The monoisotopic (exact) mass is 330 g/mol. The SMILES string of the molecule is O=C(O)Cc1csc(NC(=O)c2cccc(Cl)c2Cl)n1. The molecule has 0 saturated carbocycles. The van der Waals surface area contributed by atoms with Crippen LogP contribution in [-0.2, 0) is 11.2 Å². The highest BCUT2D eigenvalue weighted by Crippen LogP contribution is 2.26. The Labute approximate surface area is 128 Å². The third kappa shape index (κ3) is 3.47. The van der Waals surface area contributed by atoms with E-state index in [1.165, 1.54) is 6.07 Å². The molecule has 0 atom stereocenters. The Kier molecular flexibility index (Phi) is 4.59. The lowest BCUT2D eigenvalue weighted by atomic mass is 10.2. The molecule has 0 spiro atoms. The van der Waals surface area contributed by atoms with Crippen molar-refractivity contribution in [1.82, 2.24) is 4.98 Å². The van der Waals surface area contributed by atoms with Crippen LogP contribution in [0.1, 0.15) is 16.1 Å². The highest BCUT2D eigenvalue weighted by Gasteiger charge is 2.14. The number of nitrogens with one attached hydrogen (secondary N) is 1. The molecule has 0 unspecified atom stereocenters. The Morgan fingerprint density at radius 3 is 2.80 bits per heavy atom. The van der Waals surface area contributed by atoms with Crippen molar-refractivity contribution in [3.05, 3.63) is 44.9 Å². The van der Waals surface area contributed by atoms with Gasteiger partial charge in [0.1, 0.15) is 0 Å². The minimum absolute atomic E-state index is 0.161. The molecule has 1 heterocycles. The van der Waals surface area contributed by atoms with Gasteiger partial charge in [0, 0.05) is 5.38 Å². The van der Waals surface area contributed by atoms with Crippen LogP contribution in [0.3, 0.4) is 0 Å². The molecule has 0 bridgehead atoms. The second kappa shape index (κ2) is 6.21. The summed E-state index contributed by atoms with van der Waals surface area (Å²) in [5, 5.41) is 13.5. The number of hydrogen-bond acceptors (Lipinski definition) is 4. The predicted octanol–water partition coefficient (Wildman–Crippen LogP) is 3.33. The van der Waals surface area contributed by atoms with Crippen LogP contribution >= 0.6 is 34.5 Å². The van der Waals surface area contributed by atoms with Gasteiger partial charge in [-0.1, -0.05) is 29.3 Å². The van der Waals surface area contributed by atoms with Crippen LogP contribution in [-0.4, -0.2) is 22.0 Å². The molecular weight excluding hydrogens is 323 g/mol. The third-order valence-electron chi connectivity index (χ3n) is 2.30. The van der Waals surface area contributed by atoms with Gasteiger partial charge in [0.2, 0.25) is 0 Å². The molecule has 0 saturated heterocycles. The lowest BCUT2D eigenvalue weighted by Gasteiger charge is -2.04. The fraction of sp³-hybridized carbons (Fsp3) is 0.0833. The molecule has 1 amide bonds. The zero-order chi connectivity index (χ0) is 14.7. The highest BCUT2D eigenvalue weighted by molar-refractivity contribution is 7.14. The van der Waals surface area contributed by atoms with Crippen molar-refractivity contribution in [1.29, 1.82) is 0 Å². The van der Waals surface area contributed by atoms with Gasteiger partial charge in [-0.25, -0.2) is 4.98 Å². The van der Waals surface area contributed by atoms with Gasteiger partial charge in [0.25, 0.3) is 5.91 Å². The average molecular weight is 331 g/mol. The van der Waals surface area contributed by atoms with Crippen molar-refractivity contribution in [2.24, 2.45) is 0 Å². The van der Waals surface area contributed by atoms with Crippen LogP contribution < -0.4 is 5.32 Å². The number of amides is 1. The molecule has 20 heavy (non-hydrogen) atoms. The fourth-order valence-electron chi connectivity index (χ4n) is 1.44. The summed E-state index contributed by atoms with van der Waals surface area (Å²) in [5.74, 6) is -1.43. The number of aliphatic carboxylic acids is 1. The fourth-order valence-corrected chi connectivity index (χ4v) is 2.54. The summed E-state index contributed by atoms with van der Waals surface area (Å²) in [7, 11) is 0. The molecule has 104 valence electrons. The number of carboxylic acid groups (broad SMARTS) is 1. The molecule has 2 aromatic rings. The van der Waals surface area contributed by atoms with Crippen LogP contribution in [0.15, 0.2) is 23.6 Å². The summed E-state index contributed by atoms with van der Waals surface area (Å²) in [4.78, 5) is 26.6. The predicted molar refractivity (Wildman–Crippen MR) is 77.9 cm³/mol. The van der Waals surface area contributed by atoms with E-state index >= 15 is 0 Å². The van der Waals surface area contributed by atoms with E-state index in [1.807, 2.05) is 0 Å². The van der Waals surface area contributed by atoms with Gasteiger partial charge in [-0.3, -0.25) is 14.9 Å². The Hall–Kier alpha value is -1.63. The van der Waals surface area contributed by atoms with E-state index in [-0.39, 0.29) is 22.0 Å². The van der Waals surface area contributed by atoms with Crippen molar-refractivity contribution in [2.45, 2.75) is 6.42 Å². The number of aromatic nitrogens is 1. The van der Waals surface area contributed by atoms with E-state index in [9.17, 15) is 9.59 Å². The second-order valence-electron chi connectivity index (χ2n) is 3.77. The van der Waals surface area contributed by atoms with E-state index in [1.54, 1.807) is 17.5 Å². The van der Waals surface area contributed by atoms with Crippen molar-refractivity contribution in [3.8, 4) is 0 Å². The first-order valence-electron chi connectivity index (χ1n) is 5.39. The molecule has 8 heteroatoms. The summed E-state index contributed by atoms with van der Waals surface area (Å²) in [6.07, 6.45) is -0.190. The zero-order valence-electron chi connectivity index (χ0n) is 9.89. The molecule has 2 N–H and O–H groups in total. The summed E-state index contributed by atoms with van der Waals surface area (Å²) in [5.41, 5.74) is 0.615. The summed E-state index contributed by atoms with van der Waals surface area (Å²) >= 11 is 12.9. The Morgan fingerprint density at radius 2 is 2.10 bits per heavy atom. The van der Waals surface area contributed by atoms with Gasteiger partial charge >= 0.3 is 5.97 Å². The Bertz CT molecular complexity index is 672. The van der Waals surface area contributed by atoms with E-state index in [2.05, 4.69) is 10.3 Å².